The van der Waals surface area contributed by atoms with Gasteiger partial charge >= 0.3 is 0 Å². The van der Waals surface area contributed by atoms with Crippen LogP contribution in [0, 0.1) is 6.92 Å². The average molecular weight is 388 g/mol. The molecule has 1 aliphatic rings. The number of nitrogens with zero attached hydrogens (tertiary/aromatic N) is 4. The number of anilines is 1. The molecule has 0 aliphatic carbocycles. The summed E-state index contributed by atoms with van der Waals surface area (Å²) < 4.78 is 2.08. The molecule has 146 valence electrons. The van der Waals surface area contributed by atoms with Crippen molar-refractivity contribution in [2.45, 2.75) is 63.4 Å². The van der Waals surface area contributed by atoms with Crippen LogP contribution >= 0.6 is 11.8 Å². The molecular weight excluding hydrogens is 358 g/mol. The number of amides is 1. The van der Waals surface area contributed by atoms with Gasteiger partial charge in [-0.2, -0.15) is 0 Å². The van der Waals surface area contributed by atoms with Crippen LogP contribution in [-0.2, 0) is 4.79 Å². The lowest BCUT2D eigenvalue weighted by atomic mass is 10.1. The average Bonchev–Trinajstić information content (AvgIpc) is 3.23. The molecule has 1 aromatic heterocycles. The van der Waals surface area contributed by atoms with Crippen molar-refractivity contribution in [3.8, 4) is 5.69 Å². The Morgan fingerprint density at radius 3 is 2.37 bits per heavy atom. The molecule has 0 radical (unpaired) electrons. The number of carbonyl (C=O) groups excluding carboxylic acids is 1. The van der Waals surface area contributed by atoms with E-state index in [-0.39, 0.29) is 16.7 Å². The van der Waals surface area contributed by atoms with E-state index in [1.807, 2.05) is 27.7 Å². The fourth-order valence-corrected chi connectivity index (χ4v) is 3.93. The number of rotatable bonds is 5. The third-order valence-corrected chi connectivity index (χ3v) is 5.49. The van der Waals surface area contributed by atoms with Crippen LogP contribution in [0.15, 0.2) is 29.4 Å². The number of thioether (sulfide) groups is 1. The molecule has 2 aromatic rings. The molecule has 1 amide bonds. The SMILES string of the molecule is Cc1ccc(-n2c(SC(C)C(=O)NC(C)(C)C)nnc2N2CCCC2)cc1. The van der Waals surface area contributed by atoms with E-state index in [1.165, 1.54) is 30.2 Å². The Balaban J connectivity index is 1.90. The van der Waals surface area contributed by atoms with Crippen LogP contribution in [0.4, 0.5) is 5.95 Å². The lowest BCUT2D eigenvalue weighted by Crippen LogP contribution is -2.44. The zero-order valence-corrected chi connectivity index (χ0v) is 17.6. The van der Waals surface area contributed by atoms with Crippen LogP contribution in [0.5, 0.6) is 0 Å². The van der Waals surface area contributed by atoms with Crippen molar-refractivity contribution in [3.05, 3.63) is 29.8 Å². The van der Waals surface area contributed by atoms with Crippen molar-refractivity contribution < 1.29 is 4.79 Å². The molecule has 1 fully saturated rings. The summed E-state index contributed by atoms with van der Waals surface area (Å²) >= 11 is 1.45. The van der Waals surface area contributed by atoms with E-state index in [0.29, 0.717) is 0 Å². The second kappa shape index (κ2) is 7.92. The topological polar surface area (TPSA) is 63.1 Å². The Morgan fingerprint density at radius 1 is 1.15 bits per heavy atom. The highest BCUT2D eigenvalue weighted by atomic mass is 32.2. The Bertz CT molecular complexity index is 788. The van der Waals surface area contributed by atoms with E-state index in [4.69, 9.17) is 0 Å². The van der Waals surface area contributed by atoms with Crippen LogP contribution in [0.1, 0.15) is 46.1 Å². The van der Waals surface area contributed by atoms with Crippen molar-refractivity contribution in [1.29, 1.82) is 0 Å². The first-order valence-corrected chi connectivity index (χ1v) is 10.4. The minimum absolute atomic E-state index is 0.00804. The molecule has 7 heteroatoms. The predicted octanol–water partition coefficient (Wildman–Crippen LogP) is 3.57. The van der Waals surface area contributed by atoms with Crippen molar-refractivity contribution in [3.63, 3.8) is 0 Å². The van der Waals surface area contributed by atoms with Crippen molar-refractivity contribution in [1.82, 2.24) is 20.1 Å². The van der Waals surface area contributed by atoms with Gasteiger partial charge in [-0.3, -0.25) is 9.36 Å². The highest BCUT2D eigenvalue weighted by Crippen LogP contribution is 2.31. The lowest BCUT2D eigenvalue weighted by molar-refractivity contribution is -0.121. The normalized spacial score (nSPS) is 15.8. The van der Waals surface area contributed by atoms with Crippen LogP contribution < -0.4 is 10.2 Å². The third-order valence-electron chi connectivity index (χ3n) is 4.45. The molecule has 1 atom stereocenters. The molecule has 0 spiro atoms. The van der Waals surface area contributed by atoms with E-state index in [2.05, 4.69) is 56.2 Å². The van der Waals surface area contributed by atoms with E-state index < -0.39 is 0 Å². The van der Waals surface area contributed by atoms with Crippen LogP contribution in [0.3, 0.4) is 0 Å². The molecule has 1 saturated heterocycles. The van der Waals surface area contributed by atoms with Gasteiger partial charge < -0.3 is 10.2 Å². The highest BCUT2D eigenvalue weighted by molar-refractivity contribution is 8.00. The number of aromatic nitrogens is 3. The van der Waals surface area contributed by atoms with Gasteiger partial charge in [0.15, 0.2) is 5.16 Å². The first-order chi connectivity index (χ1) is 12.7. The summed E-state index contributed by atoms with van der Waals surface area (Å²) in [6, 6.07) is 8.35. The monoisotopic (exact) mass is 387 g/mol. The molecule has 0 bridgehead atoms. The van der Waals surface area contributed by atoms with Gasteiger partial charge in [0.1, 0.15) is 0 Å². The van der Waals surface area contributed by atoms with Gasteiger partial charge in [0.05, 0.1) is 10.9 Å². The molecule has 0 saturated carbocycles. The molecule has 1 N–H and O–H groups in total. The van der Waals surface area contributed by atoms with Gasteiger partial charge in [0.25, 0.3) is 0 Å². The third kappa shape index (κ3) is 4.83. The summed E-state index contributed by atoms with van der Waals surface area (Å²) in [5.74, 6) is 0.871. The largest absolute Gasteiger partial charge is 0.351 e. The van der Waals surface area contributed by atoms with Gasteiger partial charge in [0.2, 0.25) is 11.9 Å². The molecule has 1 aliphatic heterocycles. The van der Waals surface area contributed by atoms with Gasteiger partial charge in [0, 0.05) is 18.6 Å². The van der Waals surface area contributed by atoms with Gasteiger partial charge in [-0.05, 0) is 59.6 Å². The molecular formula is C20H29N5OS. The fraction of sp³-hybridized carbons (Fsp3) is 0.550. The van der Waals surface area contributed by atoms with Gasteiger partial charge in [-0.1, -0.05) is 29.5 Å². The first-order valence-electron chi connectivity index (χ1n) is 9.51. The lowest BCUT2D eigenvalue weighted by Gasteiger charge is -2.23. The van der Waals surface area contributed by atoms with Crippen molar-refractivity contribution in [2.75, 3.05) is 18.0 Å². The Labute approximate surface area is 165 Å². The minimum atomic E-state index is -0.260. The predicted molar refractivity (Wildman–Crippen MR) is 111 cm³/mol. The summed E-state index contributed by atoms with van der Waals surface area (Å²) in [5, 5.41) is 12.4. The Kier molecular flexibility index (Phi) is 5.79. The van der Waals surface area contributed by atoms with Crippen LogP contribution in [0.2, 0.25) is 0 Å². The van der Waals surface area contributed by atoms with Crippen LogP contribution in [-0.4, -0.2) is 44.6 Å². The molecule has 27 heavy (non-hydrogen) atoms. The number of benzene rings is 1. The zero-order chi connectivity index (χ0) is 19.6. The highest BCUT2D eigenvalue weighted by Gasteiger charge is 2.26. The van der Waals surface area contributed by atoms with E-state index in [0.717, 1.165) is 29.9 Å². The van der Waals surface area contributed by atoms with Gasteiger partial charge in [-0.25, -0.2) is 0 Å². The summed E-state index contributed by atoms with van der Waals surface area (Å²) in [4.78, 5) is 14.8. The number of hydrogen-bond donors (Lipinski definition) is 1. The first kappa shape index (κ1) is 19.7. The Hall–Kier alpha value is -2.02. The fourth-order valence-electron chi connectivity index (χ4n) is 3.06. The Morgan fingerprint density at radius 2 is 1.78 bits per heavy atom. The van der Waals surface area contributed by atoms with Gasteiger partial charge in [-0.15, -0.1) is 10.2 Å². The standard InChI is InChI=1S/C20H29N5OS/c1-14-8-10-16(11-9-14)25-18(24-12-6-7-13-24)22-23-19(25)27-15(2)17(26)21-20(3,4)5/h8-11,15H,6-7,12-13H2,1-5H3,(H,21,26). The second-order valence-corrected chi connectivity index (χ2v) is 9.45. The van der Waals surface area contributed by atoms with Crippen molar-refractivity contribution >= 4 is 23.6 Å². The number of aryl methyl sites for hydroxylation is 1. The quantitative estimate of drug-likeness (QED) is 0.795. The zero-order valence-electron chi connectivity index (χ0n) is 16.8. The molecule has 2 heterocycles. The number of nitrogens with one attached hydrogen (secondary N) is 1. The number of hydrogen-bond acceptors (Lipinski definition) is 5. The van der Waals surface area contributed by atoms with E-state index >= 15 is 0 Å². The summed E-state index contributed by atoms with van der Waals surface area (Å²) in [7, 11) is 0. The smallest absolute Gasteiger partial charge is 0.233 e. The molecule has 1 aromatic carbocycles. The minimum Gasteiger partial charge on any atom is -0.351 e. The maximum Gasteiger partial charge on any atom is 0.233 e. The van der Waals surface area contributed by atoms with E-state index in [9.17, 15) is 4.79 Å². The van der Waals surface area contributed by atoms with E-state index in [1.54, 1.807) is 0 Å². The maximum absolute atomic E-state index is 12.5. The maximum atomic E-state index is 12.5. The van der Waals surface area contributed by atoms with Crippen LogP contribution in [0.25, 0.3) is 5.69 Å². The second-order valence-electron chi connectivity index (χ2n) is 8.15. The number of carbonyl (C=O) groups is 1. The summed E-state index contributed by atoms with van der Waals surface area (Å²) in [6.07, 6.45) is 2.35. The summed E-state index contributed by atoms with van der Waals surface area (Å²) in [6.45, 7) is 11.9. The molecule has 6 nitrogen and oxygen atoms in total. The van der Waals surface area contributed by atoms with Crippen molar-refractivity contribution in [2.24, 2.45) is 0 Å². The molecule has 1 unspecified atom stereocenters. The summed E-state index contributed by atoms with van der Waals surface area (Å²) in [5.41, 5.74) is 1.98. The molecule has 3 rings (SSSR count).